The molecule has 21 heavy (non-hydrogen) atoms. The summed E-state index contributed by atoms with van der Waals surface area (Å²) in [5.74, 6) is 0.302. The number of rotatable bonds is 4. The normalized spacial score (nSPS) is 17.0. The minimum Gasteiger partial charge on any atom is -0.343 e. The molecule has 2 rings (SSSR count). The Hall–Kier alpha value is -1.52. The molecule has 5 heteroatoms. The molecule has 1 heterocycles. The lowest BCUT2D eigenvalue weighted by Gasteiger charge is -2.32. The van der Waals surface area contributed by atoms with Crippen LogP contribution in [0, 0.1) is 0 Å². The van der Waals surface area contributed by atoms with Crippen LogP contribution in [0.2, 0.25) is 0 Å². The molecule has 2 nitrogen and oxygen atoms in total. The molecule has 0 saturated carbocycles. The van der Waals surface area contributed by atoms with E-state index in [1.165, 1.54) is 5.56 Å². The van der Waals surface area contributed by atoms with E-state index < -0.39 is 12.6 Å². The van der Waals surface area contributed by atoms with Crippen molar-refractivity contribution in [3.63, 3.8) is 0 Å². The number of alkyl halides is 3. The lowest BCUT2D eigenvalue weighted by atomic mass is 9.89. The van der Waals surface area contributed by atoms with Crippen molar-refractivity contribution in [2.75, 3.05) is 13.1 Å². The minimum atomic E-state index is -4.17. The van der Waals surface area contributed by atoms with Crippen molar-refractivity contribution in [3.05, 3.63) is 35.9 Å². The second-order valence-electron chi connectivity index (χ2n) is 5.53. The zero-order valence-electron chi connectivity index (χ0n) is 11.9. The lowest BCUT2D eigenvalue weighted by Crippen LogP contribution is -2.37. The van der Waals surface area contributed by atoms with Gasteiger partial charge in [-0.3, -0.25) is 4.79 Å². The van der Waals surface area contributed by atoms with Crippen molar-refractivity contribution in [1.82, 2.24) is 4.90 Å². The molecular formula is C16H20F3NO. The van der Waals surface area contributed by atoms with Gasteiger partial charge in [0.1, 0.15) is 0 Å². The van der Waals surface area contributed by atoms with Gasteiger partial charge in [0.2, 0.25) is 5.91 Å². The second kappa shape index (κ2) is 6.96. The van der Waals surface area contributed by atoms with E-state index in [1.54, 1.807) is 4.90 Å². The van der Waals surface area contributed by atoms with Gasteiger partial charge in [-0.25, -0.2) is 0 Å². The van der Waals surface area contributed by atoms with Crippen LogP contribution in [0.15, 0.2) is 30.3 Å². The minimum absolute atomic E-state index is 0.00445. The molecule has 116 valence electrons. The predicted molar refractivity (Wildman–Crippen MR) is 74.9 cm³/mol. The van der Waals surface area contributed by atoms with Crippen LogP contribution in [0.3, 0.4) is 0 Å². The van der Waals surface area contributed by atoms with Gasteiger partial charge in [0.25, 0.3) is 0 Å². The first-order chi connectivity index (χ1) is 9.96. The number of nitrogens with zero attached hydrogens (tertiary/aromatic N) is 1. The number of halogens is 3. The van der Waals surface area contributed by atoms with Gasteiger partial charge in [-0.15, -0.1) is 0 Å². The molecule has 1 aliphatic heterocycles. The fourth-order valence-electron chi connectivity index (χ4n) is 2.79. The molecule has 0 unspecified atom stereocenters. The third-order valence-electron chi connectivity index (χ3n) is 3.97. The standard InChI is InChI=1S/C16H20F3NO/c17-16(18,19)10-4-7-15(21)20-11-8-14(9-12-20)13-5-2-1-3-6-13/h1-3,5-6,14H,4,7-12H2. The summed E-state index contributed by atoms with van der Waals surface area (Å²) in [5, 5.41) is 0. The van der Waals surface area contributed by atoms with Gasteiger partial charge in [-0.05, 0) is 30.7 Å². The van der Waals surface area contributed by atoms with E-state index in [0.29, 0.717) is 19.0 Å². The summed E-state index contributed by atoms with van der Waals surface area (Å²) in [7, 11) is 0. The Morgan fingerprint density at radius 3 is 2.33 bits per heavy atom. The molecule has 0 N–H and O–H groups in total. The number of carbonyl (C=O) groups excluding carboxylic acids is 1. The van der Waals surface area contributed by atoms with Crippen LogP contribution in [0.25, 0.3) is 0 Å². The zero-order chi connectivity index (χ0) is 15.3. The van der Waals surface area contributed by atoms with Crippen molar-refractivity contribution in [2.24, 2.45) is 0 Å². The highest BCUT2D eigenvalue weighted by atomic mass is 19.4. The Morgan fingerprint density at radius 2 is 1.76 bits per heavy atom. The number of likely N-dealkylation sites (tertiary alicyclic amines) is 1. The Bertz CT molecular complexity index is 450. The average molecular weight is 299 g/mol. The van der Waals surface area contributed by atoms with Gasteiger partial charge in [-0.2, -0.15) is 13.2 Å². The maximum Gasteiger partial charge on any atom is 0.389 e. The Balaban J connectivity index is 1.75. The fourth-order valence-corrected chi connectivity index (χ4v) is 2.79. The summed E-state index contributed by atoms with van der Waals surface area (Å²) in [6.45, 7) is 1.29. The molecule has 0 radical (unpaired) electrons. The van der Waals surface area contributed by atoms with E-state index in [4.69, 9.17) is 0 Å². The highest BCUT2D eigenvalue weighted by molar-refractivity contribution is 5.76. The number of amides is 1. The molecule has 1 fully saturated rings. The second-order valence-corrected chi connectivity index (χ2v) is 5.53. The molecule has 1 aliphatic rings. The van der Waals surface area contributed by atoms with Gasteiger partial charge in [0, 0.05) is 25.9 Å². The van der Waals surface area contributed by atoms with Gasteiger partial charge < -0.3 is 4.90 Å². The Kier molecular flexibility index (Phi) is 5.26. The van der Waals surface area contributed by atoms with Crippen molar-refractivity contribution >= 4 is 5.91 Å². The summed E-state index contributed by atoms with van der Waals surface area (Å²) < 4.78 is 36.2. The largest absolute Gasteiger partial charge is 0.389 e. The van der Waals surface area contributed by atoms with Gasteiger partial charge in [-0.1, -0.05) is 30.3 Å². The molecule has 1 amide bonds. The van der Waals surface area contributed by atoms with Crippen LogP contribution in [0.5, 0.6) is 0 Å². The van der Waals surface area contributed by atoms with E-state index in [2.05, 4.69) is 12.1 Å². The average Bonchev–Trinajstić information content (AvgIpc) is 2.47. The van der Waals surface area contributed by atoms with Crippen LogP contribution >= 0.6 is 0 Å². The SMILES string of the molecule is O=C(CCCC(F)(F)F)N1CCC(c2ccccc2)CC1. The highest BCUT2D eigenvalue weighted by Gasteiger charge is 2.28. The molecule has 0 aromatic heterocycles. The molecule has 0 atom stereocenters. The topological polar surface area (TPSA) is 20.3 Å². The maximum absolute atomic E-state index is 12.1. The van der Waals surface area contributed by atoms with E-state index in [0.717, 1.165) is 12.8 Å². The highest BCUT2D eigenvalue weighted by Crippen LogP contribution is 2.28. The van der Waals surface area contributed by atoms with Gasteiger partial charge >= 0.3 is 6.18 Å². The predicted octanol–water partition coefficient (Wildman–Crippen LogP) is 4.13. The smallest absolute Gasteiger partial charge is 0.343 e. The summed E-state index contributed by atoms with van der Waals surface area (Å²) in [5.41, 5.74) is 1.28. The molecule has 1 aromatic carbocycles. The molecule has 0 spiro atoms. The van der Waals surface area contributed by atoms with Crippen molar-refractivity contribution < 1.29 is 18.0 Å². The zero-order valence-corrected chi connectivity index (χ0v) is 11.9. The summed E-state index contributed by atoms with van der Waals surface area (Å²) in [6, 6.07) is 10.2. The number of piperidine rings is 1. The van der Waals surface area contributed by atoms with Crippen LogP contribution in [0.1, 0.15) is 43.6 Å². The lowest BCUT2D eigenvalue weighted by molar-refractivity contribution is -0.140. The maximum atomic E-state index is 12.1. The Labute approximate surface area is 122 Å². The Morgan fingerprint density at radius 1 is 1.14 bits per heavy atom. The van der Waals surface area contributed by atoms with Gasteiger partial charge in [0.05, 0.1) is 0 Å². The number of carbonyl (C=O) groups is 1. The first-order valence-corrected chi connectivity index (χ1v) is 7.35. The summed E-state index contributed by atoms with van der Waals surface area (Å²) >= 11 is 0. The van der Waals surface area contributed by atoms with E-state index in [1.807, 2.05) is 18.2 Å². The van der Waals surface area contributed by atoms with Gasteiger partial charge in [0.15, 0.2) is 0 Å². The summed E-state index contributed by atoms with van der Waals surface area (Å²) in [4.78, 5) is 13.6. The van der Waals surface area contributed by atoms with E-state index >= 15 is 0 Å². The molecular weight excluding hydrogens is 279 g/mol. The first kappa shape index (κ1) is 15.9. The van der Waals surface area contributed by atoms with Crippen LogP contribution < -0.4 is 0 Å². The first-order valence-electron chi connectivity index (χ1n) is 7.35. The van der Waals surface area contributed by atoms with E-state index in [-0.39, 0.29) is 18.7 Å². The molecule has 0 bridgehead atoms. The van der Waals surface area contributed by atoms with Crippen molar-refractivity contribution in [3.8, 4) is 0 Å². The number of hydrogen-bond acceptors (Lipinski definition) is 1. The molecule has 0 aliphatic carbocycles. The van der Waals surface area contributed by atoms with Crippen LogP contribution in [-0.4, -0.2) is 30.1 Å². The number of benzene rings is 1. The fraction of sp³-hybridized carbons (Fsp3) is 0.562. The molecule has 1 saturated heterocycles. The van der Waals surface area contributed by atoms with Crippen molar-refractivity contribution in [2.45, 2.75) is 44.2 Å². The third kappa shape index (κ3) is 5.06. The van der Waals surface area contributed by atoms with E-state index in [9.17, 15) is 18.0 Å². The van der Waals surface area contributed by atoms with Crippen LogP contribution in [0.4, 0.5) is 13.2 Å². The van der Waals surface area contributed by atoms with Crippen LogP contribution in [-0.2, 0) is 4.79 Å². The summed E-state index contributed by atoms with van der Waals surface area (Å²) in [6.07, 6.45) is -3.39. The quantitative estimate of drug-likeness (QED) is 0.819. The van der Waals surface area contributed by atoms with Crippen molar-refractivity contribution in [1.29, 1.82) is 0 Å². The number of hydrogen-bond donors (Lipinski definition) is 0. The monoisotopic (exact) mass is 299 g/mol. The molecule has 1 aromatic rings. The third-order valence-corrected chi connectivity index (χ3v) is 3.97.